The van der Waals surface area contributed by atoms with Crippen LogP contribution in [0.2, 0.25) is 0 Å². The number of benzene rings is 1. The van der Waals surface area contributed by atoms with Crippen molar-refractivity contribution >= 4 is 11.8 Å². The maximum Gasteiger partial charge on any atom is 0.237 e. The average Bonchev–Trinajstić information content (AvgIpc) is 2.66. The molecule has 0 aliphatic carbocycles. The third kappa shape index (κ3) is 6.38. The molecule has 1 saturated heterocycles. The Kier molecular flexibility index (Phi) is 8.31. The van der Waals surface area contributed by atoms with Crippen molar-refractivity contribution in [3.05, 3.63) is 35.9 Å². The van der Waals surface area contributed by atoms with E-state index in [-0.39, 0.29) is 24.3 Å². The van der Waals surface area contributed by atoms with Crippen molar-refractivity contribution in [2.75, 3.05) is 39.9 Å². The van der Waals surface area contributed by atoms with E-state index in [1.165, 1.54) is 0 Å². The highest BCUT2D eigenvalue weighted by molar-refractivity contribution is 5.89. The summed E-state index contributed by atoms with van der Waals surface area (Å²) in [5, 5.41) is 2.87. The highest BCUT2D eigenvalue weighted by atomic mass is 16.5. The van der Waals surface area contributed by atoms with Crippen LogP contribution in [0.3, 0.4) is 0 Å². The molecule has 1 N–H and O–H groups in total. The van der Waals surface area contributed by atoms with Gasteiger partial charge in [0, 0.05) is 38.3 Å². The number of nitrogens with zero attached hydrogens (tertiary/aromatic N) is 2. The second-order valence-electron chi connectivity index (χ2n) is 6.82. The minimum Gasteiger partial charge on any atom is -0.383 e. The summed E-state index contributed by atoms with van der Waals surface area (Å²) in [5.41, 5.74) is 0.911. The third-order valence-electron chi connectivity index (χ3n) is 4.60. The van der Waals surface area contributed by atoms with Gasteiger partial charge in [-0.1, -0.05) is 30.0 Å². The number of hydrogen-bond donors (Lipinski definition) is 1. The van der Waals surface area contributed by atoms with Crippen LogP contribution in [0.1, 0.15) is 25.8 Å². The maximum atomic E-state index is 12.9. The van der Waals surface area contributed by atoms with Gasteiger partial charge in [-0.2, -0.15) is 0 Å². The summed E-state index contributed by atoms with van der Waals surface area (Å²) in [6.07, 6.45) is 0.154. The molecule has 1 aliphatic rings. The SMILES string of the molecule is COCCN(CC#Cc1ccccc1)C(=O)C[C@H]1C(=O)NCCN1C(C)C. The van der Waals surface area contributed by atoms with Gasteiger partial charge in [0.1, 0.15) is 0 Å². The zero-order valence-electron chi connectivity index (χ0n) is 16.4. The molecule has 0 unspecified atom stereocenters. The topological polar surface area (TPSA) is 61.9 Å². The lowest BCUT2D eigenvalue weighted by Crippen LogP contribution is -2.58. The largest absolute Gasteiger partial charge is 0.383 e. The van der Waals surface area contributed by atoms with Gasteiger partial charge in [0.25, 0.3) is 0 Å². The molecule has 0 bridgehead atoms. The van der Waals surface area contributed by atoms with Crippen molar-refractivity contribution in [2.24, 2.45) is 0 Å². The monoisotopic (exact) mass is 371 g/mol. The molecule has 1 aliphatic heterocycles. The Morgan fingerprint density at radius 1 is 1.37 bits per heavy atom. The van der Waals surface area contributed by atoms with Gasteiger partial charge in [-0.25, -0.2) is 0 Å². The van der Waals surface area contributed by atoms with Crippen LogP contribution in [0.5, 0.6) is 0 Å². The predicted molar refractivity (Wildman–Crippen MR) is 105 cm³/mol. The second-order valence-corrected chi connectivity index (χ2v) is 6.82. The van der Waals surface area contributed by atoms with E-state index < -0.39 is 6.04 Å². The van der Waals surface area contributed by atoms with E-state index in [4.69, 9.17) is 4.74 Å². The highest BCUT2D eigenvalue weighted by Crippen LogP contribution is 2.14. The van der Waals surface area contributed by atoms with E-state index in [1.807, 2.05) is 44.2 Å². The molecule has 1 aromatic rings. The molecule has 1 atom stereocenters. The first-order chi connectivity index (χ1) is 13.0. The molecule has 2 amide bonds. The lowest BCUT2D eigenvalue weighted by molar-refractivity contribution is -0.139. The van der Waals surface area contributed by atoms with Gasteiger partial charge in [0.2, 0.25) is 11.8 Å². The summed E-state index contributed by atoms with van der Waals surface area (Å²) in [4.78, 5) is 28.9. The summed E-state index contributed by atoms with van der Waals surface area (Å²) < 4.78 is 5.13. The van der Waals surface area contributed by atoms with Crippen molar-refractivity contribution < 1.29 is 14.3 Å². The molecule has 6 heteroatoms. The first-order valence-electron chi connectivity index (χ1n) is 9.37. The third-order valence-corrected chi connectivity index (χ3v) is 4.60. The minimum absolute atomic E-state index is 0.0784. The first-order valence-corrected chi connectivity index (χ1v) is 9.37. The summed E-state index contributed by atoms with van der Waals surface area (Å²) in [6.45, 7) is 6.67. The van der Waals surface area contributed by atoms with Crippen molar-refractivity contribution in [2.45, 2.75) is 32.4 Å². The lowest BCUT2D eigenvalue weighted by Gasteiger charge is -2.38. The van der Waals surface area contributed by atoms with Crippen LogP contribution in [-0.4, -0.2) is 73.6 Å². The molecule has 1 heterocycles. The molecule has 0 saturated carbocycles. The number of amides is 2. The molecule has 146 valence electrons. The van der Waals surface area contributed by atoms with Crippen LogP contribution in [0.25, 0.3) is 0 Å². The molecular formula is C21H29N3O3. The highest BCUT2D eigenvalue weighted by Gasteiger charge is 2.34. The summed E-state index contributed by atoms with van der Waals surface area (Å²) in [6, 6.07) is 9.44. The van der Waals surface area contributed by atoms with Crippen LogP contribution in [-0.2, 0) is 14.3 Å². The number of methoxy groups -OCH3 is 1. The van der Waals surface area contributed by atoms with Gasteiger partial charge in [-0.3, -0.25) is 14.5 Å². The maximum absolute atomic E-state index is 12.9. The molecule has 0 radical (unpaired) electrons. The van der Waals surface area contributed by atoms with Gasteiger partial charge >= 0.3 is 0 Å². The van der Waals surface area contributed by atoms with E-state index >= 15 is 0 Å². The zero-order valence-corrected chi connectivity index (χ0v) is 16.4. The Morgan fingerprint density at radius 3 is 2.78 bits per heavy atom. The van der Waals surface area contributed by atoms with Crippen LogP contribution in [0, 0.1) is 11.8 Å². The number of ether oxygens (including phenoxy) is 1. The molecular weight excluding hydrogens is 342 g/mol. The van der Waals surface area contributed by atoms with E-state index in [2.05, 4.69) is 22.1 Å². The van der Waals surface area contributed by atoms with Crippen LogP contribution in [0.4, 0.5) is 0 Å². The van der Waals surface area contributed by atoms with E-state index in [0.717, 1.165) is 12.1 Å². The fourth-order valence-corrected chi connectivity index (χ4v) is 3.11. The van der Waals surface area contributed by atoms with Gasteiger partial charge < -0.3 is 15.0 Å². The smallest absolute Gasteiger partial charge is 0.237 e. The van der Waals surface area contributed by atoms with E-state index in [1.54, 1.807) is 12.0 Å². The van der Waals surface area contributed by atoms with E-state index in [9.17, 15) is 9.59 Å². The van der Waals surface area contributed by atoms with Gasteiger partial charge in [-0.15, -0.1) is 0 Å². The van der Waals surface area contributed by atoms with Crippen molar-refractivity contribution in [1.82, 2.24) is 15.1 Å². The number of hydrogen-bond acceptors (Lipinski definition) is 4. The van der Waals surface area contributed by atoms with Gasteiger partial charge in [0.05, 0.1) is 25.6 Å². The van der Waals surface area contributed by atoms with Gasteiger partial charge in [-0.05, 0) is 26.0 Å². The zero-order chi connectivity index (χ0) is 19.6. The number of rotatable bonds is 7. The average molecular weight is 371 g/mol. The molecule has 6 nitrogen and oxygen atoms in total. The summed E-state index contributed by atoms with van der Waals surface area (Å²) in [5.74, 6) is 5.97. The predicted octanol–water partition coefficient (Wildman–Crippen LogP) is 1.11. The molecule has 2 rings (SSSR count). The second kappa shape index (κ2) is 10.7. The molecule has 27 heavy (non-hydrogen) atoms. The number of carbonyl (C=O) groups is 2. The Labute approximate surface area is 161 Å². The Hall–Kier alpha value is -2.36. The fourth-order valence-electron chi connectivity index (χ4n) is 3.11. The molecule has 1 fully saturated rings. The van der Waals surface area contributed by atoms with Crippen LogP contribution < -0.4 is 5.32 Å². The van der Waals surface area contributed by atoms with Crippen molar-refractivity contribution in [3.63, 3.8) is 0 Å². The lowest BCUT2D eigenvalue weighted by atomic mass is 10.1. The van der Waals surface area contributed by atoms with Crippen LogP contribution >= 0.6 is 0 Å². The normalized spacial score (nSPS) is 17.2. The van der Waals surface area contributed by atoms with Crippen molar-refractivity contribution in [1.29, 1.82) is 0 Å². The van der Waals surface area contributed by atoms with E-state index in [0.29, 0.717) is 26.2 Å². The van der Waals surface area contributed by atoms with Gasteiger partial charge in [0.15, 0.2) is 0 Å². The number of piperazine rings is 1. The molecule has 1 aromatic carbocycles. The standard InChI is InChI=1S/C21H29N3O3/c1-17(2)24-13-11-22-21(26)19(24)16-20(25)23(14-15-27-3)12-7-10-18-8-5-4-6-9-18/h4-6,8-9,17,19H,11-16H2,1-3H3,(H,22,26)/t19-/m0/s1. The van der Waals surface area contributed by atoms with Crippen LogP contribution in [0.15, 0.2) is 30.3 Å². The summed E-state index contributed by atoms with van der Waals surface area (Å²) in [7, 11) is 1.60. The molecule has 0 aromatic heterocycles. The first kappa shape index (κ1) is 20.9. The quantitative estimate of drug-likeness (QED) is 0.730. The Bertz CT molecular complexity index is 679. The number of nitrogens with one attached hydrogen (secondary N) is 1. The van der Waals surface area contributed by atoms with Crippen molar-refractivity contribution in [3.8, 4) is 11.8 Å². The minimum atomic E-state index is -0.432. The number of carbonyl (C=O) groups excluding carboxylic acids is 2. The Balaban J connectivity index is 2.04. The molecule has 0 spiro atoms. The summed E-state index contributed by atoms with van der Waals surface area (Å²) >= 11 is 0. The Morgan fingerprint density at radius 2 is 2.11 bits per heavy atom. The fraction of sp³-hybridized carbons (Fsp3) is 0.524.